The number of aliphatic carboxylic acids is 1. The molecule has 3 aromatic rings. The molecule has 0 aliphatic carbocycles. The van der Waals surface area contributed by atoms with Crippen molar-refractivity contribution < 1.29 is 24.2 Å². The van der Waals surface area contributed by atoms with Gasteiger partial charge in [0.15, 0.2) is 11.5 Å². The van der Waals surface area contributed by atoms with E-state index in [4.69, 9.17) is 9.47 Å². The summed E-state index contributed by atoms with van der Waals surface area (Å²) in [6.07, 6.45) is -0.692. The fourth-order valence-electron chi connectivity index (χ4n) is 4.66. The second-order valence-corrected chi connectivity index (χ2v) is 8.18. The van der Waals surface area contributed by atoms with Crippen LogP contribution >= 0.6 is 0 Å². The van der Waals surface area contributed by atoms with Gasteiger partial charge in [-0.1, -0.05) is 30.3 Å². The summed E-state index contributed by atoms with van der Waals surface area (Å²) in [5.41, 5.74) is 2.56. The number of carboxylic acids is 1. The Morgan fingerprint density at radius 1 is 1.03 bits per heavy atom. The van der Waals surface area contributed by atoms with Gasteiger partial charge in [-0.25, -0.2) is 0 Å². The number of para-hydroxylation sites is 3. The Labute approximate surface area is 185 Å². The number of amides is 1. The van der Waals surface area contributed by atoms with Crippen molar-refractivity contribution in [3.8, 4) is 11.5 Å². The Morgan fingerprint density at radius 3 is 2.47 bits per heavy atom. The fourth-order valence-corrected chi connectivity index (χ4v) is 4.66. The predicted octanol–water partition coefficient (Wildman–Crippen LogP) is 2.59. The molecular weight excluding hydrogens is 410 g/mol. The Hall–Kier alpha value is -3.52. The highest BCUT2D eigenvalue weighted by Gasteiger charge is 2.37. The normalized spacial score (nSPS) is 19.7. The topological polar surface area (TPSA) is 95.1 Å². The Morgan fingerprint density at radius 2 is 1.72 bits per heavy atom. The van der Waals surface area contributed by atoms with E-state index in [1.807, 2.05) is 54.3 Å². The van der Waals surface area contributed by atoms with Crippen LogP contribution in [0.3, 0.4) is 0 Å². The summed E-state index contributed by atoms with van der Waals surface area (Å²) in [7, 11) is 0. The van der Waals surface area contributed by atoms with Crippen molar-refractivity contribution in [2.75, 3.05) is 32.8 Å². The summed E-state index contributed by atoms with van der Waals surface area (Å²) in [6, 6.07) is 14.3. The Balaban J connectivity index is 1.29. The lowest BCUT2D eigenvalue weighted by Gasteiger charge is -2.39. The SMILES string of the molecule is Cc1[nH]c2ccccc2c1[C@H](C(=O)O)N1CCN(C(=O)[C@@H]2COc3ccccc3O2)CC1. The minimum absolute atomic E-state index is 0.130. The van der Waals surface area contributed by atoms with E-state index in [0.717, 1.165) is 22.2 Å². The first-order valence-corrected chi connectivity index (χ1v) is 10.7. The summed E-state index contributed by atoms with van der Waals surface area (Å²) in [6.45, 7) is 3.88. The van der Waals surface area contributed by atoms with Crippen LogP contribution in [-0.4, -0.2) is 70.7 Å². The van der Waals surface area contributed by atoms with E-state index in [1.54, 1.807) is 11.0 Å². The number of hydrogen-bond donors (Lipinski definition) is 2. The summed E-state index contributed by atoms with van der Waals surface area (Å²) < 4.78 is 11.5. The van der Waals surface area contributed by atoms with Gasteiger partial charge in [0.05, 0.1) is 0 Å². The van der Waals surface area contributed by atoms with Crippen molar-refractivity contribution in [1.82, 2.24) is 14.8 Å². The second-order valence-electron chi connectivity index (χ2n) is 8.18. The van der Waals surface area contributed by atoms with Crippen LogP contribution in [0.25, 0.3) is 10.9 Å². The van der Waals surface area contributed by atoms with E-state index in [2.05, 4.69) is 4.98 Å². The molecule has 8 heteroatoms. The number of nitrogens with one attached hydrogen (secondary N) is 1. The first-order valence-electron chi connectivity index (χ1n) is 10.7. The molecule has 2 atom stereocenters. The number of aryl methyl sites for hydroxylation is 1. The lowest BCUT2D eigenvalue weighted by Crippen LogP contribution is -2.55. The highest BCUT2D eigenvalue weighted by molar-refractivity contribution is 5.90. The van der Waals surface area contributed by atoms with Crippen molar-refractivity contribution in [2.45, 2.75) is 19.1 Å². The zero-order valence-corrected chi connectivity index (χ0v) is 17.8. The molecule has 3 heterocycles. The van der Waals surface area contributed by atoms with Crippen LogP contribution in [0, 0.1) is 6.92 Å². The van der Waals surface area contributed by atoms with Crippen molar-refractivity contribution in [2.24, 2.45) is 0 Å². The minimum atomic E-state index is -0.891. The van der Waals surface area contributed by atoms with Gasteiger partial charge in [0, 0.05) is 48.3 Å². The molecule has 32 heavy (non-hydrogen) atoms. The number of H-pyrrole nitrogens is 1. The number of fused-ring (bicyclic) bond motifs is 2. The van der Waals surface area contributed by atoms with Crippen LogP contribution in [0.5, 0.6) is 11.5 Å². The molecule has 1 aromatic heterocycles. The summed E-state index contributed by atoms with van der Waals surface area (Å²) in [5, 5.41) is 11.0. The zero-order valence-electron chi connectivity index (χ0n) is 17.8. The van der Waals surface area contributed by atoms with Crippen LogP contribution in [-0.2, 0) is 9.59 Å². The Kier molecular flexibility index (Phi) is 5.22. The van der Waals surface area contributed by atoms with E-state index >= 15 is 0 Å². The molecule has 2 N–H and O–H groups in total. The quantitative estimate of drug-likeness (QED) is 0.654. The molecule has 0 bridgehead atoms. The molecule has 1 fully saturated rings. The number of aromatic amines is 1. The first kappa shape index (κ1) is 20.4. The van der Waals surface area contributed by atoms with Crippen molar-refractivity contribution in [3.63, 3.8) is 0 Å². The molecule has 166 valence electrons. The molecule has 0 unspecified atom stereocenters. The van der Waals surface area contributed by atoms with Crippen LogP contribution in [0.15, 0.2) is 48.5 Å². The molecule has 1 saturated heterocycles. The maximum absolute atomic E-state index is 13.0. The van der Waals surface area contributed by atoms with Crippen molar-refractivity contribution >= 4 is 22.8 Å². The van der Waals surface area contributed by atoms with Gasteiger partial charge in [0.1, 0.15) is 12.6 Å². The highest BCUT2D eigenvalue weighted by Crippen LogP contribution is 2.33. The molecule has 8 nitrogen and oxygen atoms in total. The molecule has 2 aliphatic rings. The summed E-state index contributed by atoms with van der Waals surface area (Å²) >= 11 is 0. The van der Waals surface area contributed by atoms with Gasteiger partial charge in [-0.3, -0.25) is 14.5 Å². The number of piperazine rings is 1. The van der Waals surface area contributed by atoms with Gasteiger partial charge in [0.25, 0.3) is 5.91 Å². The molecule has 2 aliphatic heterocycles. The Bertz CT molecular complexity index is 1170. The van der Waals surface area contributed by atoms with Crippen LogP contribution in [0.4, 0.5) is 0 Å². The van der Waals surface area contributed by atoms with E-state index in [1.165, 1.54) is 0 Å². The third kappa shape index (κ3) is 3.56. The summed E-state index contributed by atoms with van der Waals surface area (Å²) in [4.78, 5) is 32.3. The third-order valence-electron chi connectivity index (χ3n) is 6.23. The van der Waals surface area contributed by atoms with E-state index in [9.17, 15) is 14.7 Å². The number of carbonyl (C=O) groups is 2. The van der Waals surface area contributed by atoms with Crippen LogP contribution < -0.4 is 9.47 Å². The largest absolute Gasteiger partial charge is 0.485 e. The molecule has 1 amide bonds. The monoisotopic (exact) mass is 435 g/mol. The molecule has 0 spiro atoms. The molecule has 0 saturated carbocycles. The number of nitrogens with zero attached hydrogens (tertiary/aromatic N) is 2. The van der Waals surface area contributed by atoms with Gasteiger partial charge in [-0.2, -0.15) is 0 Å². The minimum Gasteiger partial charge on any atom is -0.485 e. The van der Waals surface area contributed by atoms with Crippen LogP contribution in [0.2, 0.25) is 0 Å². The predicted molar refractivity (Wildman–Crippen MR) is 118 cm³/mol. The maximum atomic E-state index is 13.0. The van der Waals surface area contributed by atoms with Gasteiger partial charge in [-0.05, 0) is 25.1 Å². The number of carbonyl (C=O) groups excluding carboxylic acids is 1. The number of benzene rings is 2. The molecule has 0 radical (unpaired) electrons. The van der Waals surface area contributed by atoms with Gasteiger partial charge in [0.2, 0.25) is 6.10 Å². The maximum Gasteiger partial charge on any atom is 0.325 e. The standard InChI is InChI=1S/C24H25N3O5/c1-15-21(16-6-2-3-7-17(16)25-15)22(24(29)30)26-10-12-27(13-11-26)23(28)20-14-31-18-8-4-5-9-19(18)32-20/h2-9,20,22,25H,10-14H2,1H3,(H,29,30)/t20-,22+/m0/s1. The average Bonchev–Trinajstić information content (AvgIpc) is 3.14. The van der Waals surface area contributed by atoms with E-state index < -0.39 is 18.1 Å². The number of aromatic nitrogens is 1. The number of rotatable bonds is 4. The number of ether oxygens (including phenoxy) is 2. The summed E-state index contributed by atoms with van der Waals surface area (Å²) in [5.74, 6) is 0.184. The molecule has 2 aromatic carbocycles. The second kappa shape index (κ2) is 8.20. The highest BCUT2D eigenvalue weighted by atomic mass is 16.6. The third-order valence-corrected chi connectivity index (χ3v) is 6.23. The van der Waals surface area contributed by atoms with Gasteiger partial charge < -0.3 is 24.5 Å². The number of hydrogen-bond acceptors (Lipinski definition) is 5. The fraction of sp³-hybridized carbons (Fsp3) is 0.333. The first-order chi connectivity index (χ1) is 15.5. The molecular formula is C24H25N3O5. The average molecular weight is 435 g/mol. The van der Waals surface area contributed by atoms with E-state index in [0.29, 0.717) is 37.7 Å². The van der Waals surface area contributed by atoms with Crippen molar-refractivity contribution in [1.29, 1.82) is 0 Å². The molecule has 5 rings (SSSR count). The lowest BCUT2D eigenvalue weighted by atomic mass is 10.0. The lowest BCUT2D eigenvalue weighted by molar-refractivity contribution is -0.147. The van der Waals surface area contributed by atoms with E-state index in [-0.39, 0.29) is 12.5 Å². The zero-order chi connectivity index (χ0) is 22.2. The van der Waals surface area contributed by atoms with Gasteiger partial charge >= 0.3 is 5.97 Å². The van der Waals surface area contributed by atoms with Crippen LogP contribution in [0.1, 0.15) is 17.3 Å². The van der Waals surface area contributed by atoms with Gasteiger partial charge in [-0.15, -0.1) is 0 Å². The smallest absolute Gasteiger partial charge is 0.325 e. The van der Waals surface area contributed by atoms with Crippen molar-refractivity contribution in [3.05, 3.63) is 59.8 Å². The number of carboxylic acid groups (broad SMARTS) is 1.